The number of anilines is 1. The molecule has 0 aromatic heterocycles. The Morgan fingerprint density at radius 1 is 0.923 bits per heavy atom. The average Bonchev–Trinajstić information content (AvgIpc) is 2.64. The predicted octanol–water partition coefficient (Wildman–Crippen LogP) is 2.82. The molecule has 2 amide bonds. The molecule has 7 heteroatoms. The Balaban J connectivity index is 2.13. The molecule has 2 rings (SSSR count). The lowest BCUT2D eigenvalue weighted by Gasteiger charge is -2.09. The molecule has 0 bridgehead atoms. The molecule has 0 saturated heterocycles. The van der Waals surface area contributed by atoms with E-state index in [1.165, 1.54) is 21.1 Å². The fourth-order valence-electron chi connectivity index (χ4n) is 2.27. The Bertz CT molecular complexity index is 846. The molecule has 2 aromatic rings. The highest BCUT2D eigenvalue weighted by atomic mass is 16.5. The van der Waals surface area contributed by atoms with Crippen molar-refractivity contribution in [1.82, 2.24) is 5.43 Å². The van der Waals surface area contributed by atoms with E-state index in [4.69, 9.17) is 9.47 Å². The summed E-state index contributed by atoms with van der Waals surface area (Å²) in [7, 11) is 3.03. The first-order valence-electron chi connectivity index (χ1n) is 7.89. The molecule has 0 spiro atoms. The van der Waals surface area contributed by atoms with E-state index in [1.807, 2.05) is 6.07 Å². The number of amides is 2. The lowest BCUT2D eigenvalue weighted by atomic mass is 10.1. The van der Waals surface area contributed by atoms with E-state index in [9.17, 15) is 9.59 Å². The molecule has 0 saturated carbocycles. The van der Waals surface area contributed by atoms with Gasteiger partial charge in [-0.2, -0.15) is 5.10 Å². The third kappa shape index (κ3) is 4.83. The Labute approximate surface area is 152 Å². The molecule has 2 aromatic carbocycles. The zero-order valence-corrected chi connectivity index (χ0v) is 15.1. The second-order valence-electron chi connectivity index (χ2n) is 5.47. The maximum atomic E-state index is 12.3. The average molecular weight is 355 g/mol. The molecule has 26 heavy (non-hydrogen) atoms. The summed E-state index contributed by atoms with van der Waals surface area (Å²) in [5, 5.41) is 6.83. The smallest absolute Gasteiger partial charge is 0.271 e. The third-order valence-corrected chi connectivity index (χ3v) is 3.57. The lowest BCUT2D eigenvalue weighted by molar-refractivity contribution is -0.114. The minimum atomic E-state index is -0.372. The topological polar surface area (TPSA) is 89.0 Å². The Hall–Kier alpha value is -3.35. The second kappa shape index (κ2) is 8.66. The van der Waals surface area contributed by atoms with Crippen molar-refractivity contribution in [3.8, 4) is 11.5 Å². The minimum Gasteiger partial charge on any atom is -0.493 e. The number of carbonyl (C=O) groups excluding carboxylic acids is 2. The summed E-state index contributed by atoms with van der Waals surface area (Å²) in [6.07, 6.45) is 0. The van der Waals surface area contributed by atoms with Gasteiger partial charge in [0.05, 0.1) is 19.9 Å². The third-order valence-electron chi connectivity index (χ3n) is 3.57. The van der Waals surface area contributed by atoms with Gasteiger partial charge < -0.3 is 14.8 Å². The maximum Gasteiger partial charge on any atom is 0.271 e. The SMILES string of the molecule is COc1ccc(C(=O)NN=C(C)c2cccc(NC(C)=O)c2)cc1OC. The molecule has 0 aliphatic rings. The van der Waals surface area contributed by atoms with Crippen LogP contribution in [0.5, 0.6) is 11.5 Å². The summed E-state index contributed by atoms with van der Waals surface area (Å²) in [5.41, 5.74) is 4.95. The van der Waals surface area contributed by atoms with Crippen LogP contribution in [-0.2, 0) is 4.79 Å². The molecule has 0 fully saturated rings. The summed E-state index contributed by atoms with van der Waals surface area (Å²) in [6, 6.07) is 12.1. The first-order chi connectivity index (χ1) is 12.4. The van der Waals surface area contributed by atoms with Crippen molar-refractivity contribution >= 4 is 23.2 Å². The van der Waals surface area contributed by atoms with Crippen molar-refractivity contribution in [2.24, 2.45) is 5.10 Å². The van der Waals surface area contributed by atoms with Gasteiger partial charge in [-0.3, -0.25) is 9.59 Å². The number of hydrazone groups is 1. The number of hydrogen-bond donors (Lipinski definition) is 2. The second-order valence-corrected chi connectivity index (χ2v) is 5.47. The summed E-state index contributed by atoms with van der Waals surface area (Å²) in [4.78, 5) is 23.4. The van der Waals surface area contributed by atoms with E-state index in [2.05, 4.69) is 15.8 Å². The quantitative estimate of drug-likeness (QED) is 0.616. The summed E-state index contributed by atoms with van der Waals surface area (Å²) < 4.78 is 10.3. The zero-order chi connectivity index (χ0) is 19.1. The molecule has 2 N–H and O–H groups in total. The molecule has 0 heterocycles. The van der Waals surface area contributed by atoms with Crippen LogP contribution in [0.3, 0.4) is 0 Å². The molecular formula is C19H21N3O4. The van der Waals surface area contributed by atoms with Gasteiger partial charge in [-0.05, 0) is 42.8 Å². The molecule has 0 aliphatic heterocycles. The van der Waals surface area contributed by atoms with E-state index < -0.39 is 0 Å². The van der Waals surface area contributed by atoms with E-state index in [-0.39, 0.29) is 11.8 Å². The fourth-order valence-corrected chi connectivity index (χ4v) is 2.27. The first kappa shape index (κ1) is 19.0. The number of methoxy groups -OCH3 is 2. The van der Waals surface area contributed by atoms with Crippen LogP contribution in [0.25, 0.3) is 0 Å². The van der Waals surface area contributed by atoms with Crippen molar-refractivity contribution < 1.29 is 19.1 Å². The number of rotatable bonds is 6. The Morgan fingerprint density at radius 3 is 2.31 bits per heavy atom. The largest absolute Gasteiger partial charge is 0.493 e. The van der Waals surface area contributed by atoms with Gasteiger partial charge in [0.1, 0.15) is 0 Å². The molecule has 0 unspecified atom stereocenters. The summed E-state index contributed by atoms with van der Waals surface area (Å²) in [5.74, 6) is 0.476. The monoisotopic (exact) mass is 355 g/mol. The van der Waals surface area contributed by atoms with Gasteiger partial charge in [0.2, 0.25) is 5.91 Å². The van der Waals surface area contributed by atoms with Crippen LogP contribution in [-0.4, -0.2) is 31.7 Å². The normalized spacial score (nSPS) is 10.8. The first-order valence-corrected chi connectivity index (χ1v) is 7.89. The van der Waals surface area contributed by atoms with E-state index in [0.717, 1.165) is 5.56 Å². The standard InChI is InChI=1S/C19H21N3O4/c1-12(14-6-5-7-16(10-14)20-13(2)23)21-22-19(24)15-8-9-17(25-3)18(11-15)26-4/h5-11H,1-4H3,(H,20,23)(H,22,24). The Morgan fingerprint density at radius 2 is 1.65 bits per heavy atom. The van der Waals surface area contributed by atoms with Crippen molar-refractivity contribution in [1.29, 1.82) is 0 Å². The van der Waals surface area contributed by atoms with Crippen molar-refractivity contribution in [3.63, 3.8) is 0 Å². The Kier molecular flexibility index (Phi) is 6.32. The summed E-state index contributed by atoms with van der Waals surface area (Å²) >= 11 is 0. The van der Waals surface area contributed by atoms with Crippen LogP contribution in [0.15, 0.2) is 47.6 Å². The maximum absolute atomic E-state index is 12.3. The fraction of sp³-hybridized carbons (Fsp3) is 0.211. The van der Waals surface area contributed by atoms with Crippen LogP contribution < -0.4 is 20.2 Å². The molecule has 7 nitrogen and oxygen atoms in total. The lowest BCUT2D eigenvalue weighted by Crippen LogP contribution is -2.19. The minimum absolute atomic E-state index is 0.154. The van der Waals surface area contributed by atoms with Gasteiger partial charge in [-0.25, -0.2) is 5.43 Å². The van der Waals surface area contributed by atoms with E-state index in [1.54, 1.807) is 43.3 Å². The molecule has 0 aliphatic carbocycles. The zero-order valence-electron chi connectivity index (χ0n) is 15.1. The molecule has 0 atom stereocenters. The van der Waals surface area contributed by atoms with Crippen LogP contribution >= 0.6 is 0 Å². The highest BCUT2D eigenvalue weighted by molar-refractivity contribution is 6.02. The van der Waals surface area contributed by atoms with Gasteiger partial charge in [0.25, 0.3) is 5.91 Å². The number of hydrogen-bond acceptors (Lipinski definition) is 5. The van der Waals surface area contributed by atoms with Crippen LogP contribution in [0.4, 0.5) is 5.69 Å². The molecule has 0 radical (unpaired) electrons. The number of benzene rings is 2. The van der Waals surface area contributed by atoms with E-state index >= 15 is 0 Å². The van der Waals surface area contributed by atoms with Crippen LogP contribution in [0.2, 0.25) is 0 Å². The molecular weight excluding hydrogens is 334 g/mol. The number of nitrogens with zero attached hydrogens (tertiary/aromatic N) is 1. The van der Waals surface area contributed by atoms with Crippen LogP contribution in [0.1, 0.15) is 29.8 Å². The highest BCUT2D eigenvalue weighted by Gasteiger charge is 2.10. The highest BCUT2D eigenvalue weighted by Crippen LogP contribution is 2.27. The predicted molar refractivity (Wildman–Crippen MR) is 100.0 cm³/mol. The van der Waals surface area contributed by atoms with Gasteiger partial charge in [-0.1, -0.05) is 12.1 Å². The van der Waals surface area contributed by atoms with Crippen molar-refractivity contribution in [2.75, 3.05) is 19.5 Å². The van der Waals surface area contributed by atoms with Crippen molar-refractivity contribution in [2.45, 2.75) is 13.8 Å². The van der Waals surface area contributed by atoms with Gasteiger partial charge >= 0.3 is 0 Å². The number of ether oxygens (including phenoxy) is 2. The number of carbonyl (C=O) groups is 2. The van der Waals surface area contributed by atoms with Gasteiger partial charge in [-0.15, -0.1) is 0 Å². The number of nitrogens with one attached hydrogen (secondary N) is 2. The van der Waals surface area contributed by atoms with E-state index in [0.29, 0.717) is 28.5 Å². The van der Waals surface area contributed by atoms with Gasteiger partial charge in [0, 0.05) is 18.2 Å². The summed E-state index contributed by atoms with van der Waals surface area (Å²) in [6.45, 7) is 3.21. The van der Waals surface area contributed by atoms with Crippen LogP contribution in [0, 0.1) is 0 Å². The van der Waals surface area contributed by atoms with Gasteiger partial charge in [0.15, 0.2) is 11.5 Å². The van der Waals surface area contributed by atoms with Crippen molar-refractivity contribution in [3.05, 3.63) is 53.6 Å². The molecule has 136 valence electrons.